The lowest BCUT2D eigenvalue weighted by Gasteiger charge is -2.31. The van der Waals surface area contributed by atoms with Crippen molar-refractivity contribution in [1.82, 2.24) is 0 Å². The smallest absolute Gasteiger partial charge is 0.179 e. The van der Waals surface area contributed by atoms with E-state index in [1.807, 2.05) is 194 Å². The molecule has 0 spiro atoms. The molecule has 614 valence electrons. The molecule has 17 rings (SSSR count). The molecule has 6 unspecified atom stereocenters. The van der Waals surface area contributed by atoms with E-state index in [2.05, 4.69) is 138 Å². The molecule has 9 aliphatic rings. The van der Waals surface area contributed by atoms with Crippen LogP contribution >= 0.6 is 0 Å². The predicted molar refractivity (Wildman–Crippen MR) is 488 cm³/mol. The van der Waals surface area contributed by atoms with E-state index in [9.17, 15) is 0 Å². The zero-order valence-electron chi connectivity index (χ0n) is 71.2. The molecule has 3 fully saturated rings. The Hall–Kier alpha value is -10.2. The zero-order chi connectivity index (χ0) is 80.1. The molecule has 3 saturated carbocycles. The van der Waals surface area contributed by atoms with Gasteiger partial charge in [-0.25, -0.2) is 0 Å². The average molecular weight is 1550 g/mol. The SMILES string of the molecule is C.C.C.C.C.C.CC1=C(c2ccccc2)OC(C2CCCC2)N1c1ccccc1C.[2H]C1OC(C)=C(C)N1c1ccccc1C.[2H]C1OC(C)=C(C)N1c1ccccc1C.[2H]C1OC(C2CCCC2)=C(C)N1c1ccccc1C.[2H]C1OC(C2CCCCC2)=C(C)N1c1ccccc1C.[2H]C1OC(c2ccccc2)=C(C)N1c1ccccc1C. The first-order valence-electron chi connectivity index (χ1n) is 41.9. The molecular formula is C102H140N6O6. The number of hydrogen-bond acceptors (Lipinski definition) is 12. The summed E-state index contributed by atoms with van der Waals surface area (Å²) in [5, 5.41) is 0. The summed E-state index contributed by atoms with van der Waals surface area (Å²) in [7, 11) is 0. The Bertz CT molecular complexity index is 4700. The molecule has 114 heavy (non-hydrogen) atoms. The second-order valence-electron chi connectivity index (χ2n) is 29.7. The van der Waals surface area contributed by atoms with E-state index >= 15 is 0 Å². The van der Waals surface area contributed by atoms with Gasteiger partial charge in [0.1, 0.15) is 34.6 Å². The van der Waals surface area contributed by atoms with Gasteiger partial charge in [0.2, 0.25) is 0 Å². The summed E-state index contributed by atoms with van der Waals surface area (Å²) in [6, 6.07) is 69.7. The predicted octanol–water partition coefficient (Wildman–Crippen LogP) is 28.6. The Morgan fingerprint density at radius 1 is 0.263 bits per heavy atom. The number of anilines is 6. The van der Waals surface area contributed by atoms with Gasteiger partial charge in [-0.05, 0) is 205 Å². The maximum absolute atomic E-state index is 8.26. The summed E-state index contributed by atoms with van der Waals surface area (Å²) in [5.41, 5.74) is 22.4. The highest BCUT2D eigenvalue weighted by molar-refractivity contribution is 5.74. The fraction of sp³-hybridized carbons (Fsp3) is 0.412. The number of aryl methyl sites for hydroxylation is 6. The van der Waals surface area contributed by atoms with Gasteiger partial charge in [0.25, 0.3) is 0 Å². The normalized spacial score (nSPS) is 21.5. The van der Waals surface area contributed by atoms with Crippen LogP contribution in [-0.2, 0) is 28.4 Å². The molecular weight excluding hydrogens is 1410 g/mol. The first kappa shape index (κ1) is 84.7. The number of nitrogens with zero attached hydrogens (tertiary/aromatic N) is 6. The van der Waals surface area contributed by atoms with Crippen LogP contribution in [0.5, 0.6) is 0 Å². The monoisotopic (exact) mass is 1550 g/mol. The molecule has 6 aliphatic heterocycles. The second-order valence-corrected chi connectivity index (χ2v) is 29.7. The maximum atomic E-state index is 8.26. The molecule has 0 bridgehead atoms. The fourth-order valence-corrected chi connectivity index (χ4v) is 15.8. The Balaban J connectivity index is 0.000000221. The number of ether oxygens (including phenoxy) is 6. The number of para-hydroxylation sites is 6. The van der Waals surface area contributed by atoms with Crippen LogP contribution in [0.1, 0.15) is 235 Å². The van der Waals surface area contributed by atoms with Gasteiger partial charge < -0.3 is 57.8 Å². The molecule has 8 aromatic carbocycles. The van der Waals surface area contributed by atoms with Crippen molar-refractivity contribution >= 4 is 45.6 Å². The topological polar surface area (TPSA) is 74.8 Å². The van der Waals surface area contributed by atoms with E-state index < -0.39 is 33.5 Å². The summed E-state index contributed by atoms with van der Waals surface area (Å²) >= 11 is 0. The van der Waals surface area contributed by atoms with E-state index in [1.54, 1.807) is 0 Å². The molecule has 3 aliphatic carbocycles. The highest BCUT2D eigenvalue weighted by Crippen LogP contribution is 2.46. The standard InChI is InChI=1S/C22H25NO.C17H23NO.C17H17NO.C16H21NO.2C12H15NO.6CH4/c1-16-10-6-9-15-20(16)23-17(2)21(18-11-4-3-5-12-18)24-22(23)19-13-7-8-14-19;2*1-13-8-6-7-11-16(13)18-12-19-17(14(18)2)15-9-4-3-5-10-15;1-12-7-3-6-10-15(12)17-11-18-16(13(17)2)14-8-4-5-9-14;2*1-9-6-4-5-7-12(9)13-8-14-11(3)10(13)2;;;;;;/h3-6,9-12,15,19,22H,7-8,13-14H2,1-2H3;6-8,11,15H,3-5,9-10,12H2,1-2H3;3-11H,12H2,1-2H3;3,6-7,10,14H,4-5,8-9,11H2,1-2H3;2*4-7H,8H2,1-3H3;6*1H4/i;2*12D;11D;2*8D;;;;;;. The minimum atomic E-state index is -0.730. The molecule has 0 N–H and O–H groups in total. The number of rotatable bonds is 11. The quantitative estimate of drug-likeness (QED) is 0.124. The lowest BCUT2D eigenvalue weighted by atomic mass is 9.87. The summed E-state index contributed by atoms with van der Waals surface area (Å²) in [4.78, 5) is 12.2. The summed E-state index contributed by atoms with van der Waals surface area (Å²) in [6.45, 7) is 25.4. The second kappa shape index (κ2) is 43.9. The Morgan fingerprint density at radius 2 is 0.535 bits per heavy atom. The van der Waals surface area contributed by atoms with Crippen molar-refractivity contribution in [3.63, 3.8) is 0 Å². The molecule has 8 aromatic rings. The van der Waals surface area contributed by atoms with Crippen LogP contribution in [-0.4, -0.2) is 39.8 Å². The van der Waals surface area contributed by atoms with Crippen molar-refractivity contribution in [1.29, 1.82) is 0 Å². The van der Waals surface area contributed by atoms with Gasteiger partial charge in [0.05, 0.1) is 41.0 Å². The minimum absolute atomic E-state index is 0. The Kier molecular flexibility index (Phi) is 32.6. The van der Waals surface area contributed by atoms with E-state index in [1.165, 1.54) is 117 Å². The van der Waals surface area contributed by atoms with Crippen molar-refractivity contribution in [3.05, 3.63) is 308 Å². The highest BCUT2D eigenvalue weighted by Gasteiger charge is 2.40. The summed E-state index contributed by atoms with van der Waals surface area (Å²) in [6.07, 6.45) is 16.6. The van der Waals surface area contributed by atoms with Crippen molar-refractivity contribution in [2.45, 2.75) is 231 Å². The zero-order valence-corrected chi connectivity index (χ0v) is 66.2. The van der Waals surface area contributed by atoms with Crippen molar-refractivity contribution in [2.75, 3.05) is 62.9 Å². The van der Waals surface area contributed by atoms with Crippen LogP contribution in [0.15, 0.2) is 263 Å². The molecule has 0 radical (unpaired) electrons. The van der Waals surface area contributed by atoms with E-state index in [4.69, 9.17) is 35.3 Å². The van der Waals surface area contributed by atoms with Gasteiger partial charge in [-0.2, -0.15) is 0 Å². The van der Waals surface area contributed by atoms with E-state index in [0.717, 1.165) is 114 Å². The minimum Gasteiger partial charge on any atom is -0.476 e. The van der Waals surface area contributed by atoms with Crippen molar-refractivity contribution in [2.24, 2.45) is 17.8 Å². The van der Waals surface area contributed by atoms with Crippen molar-refractivity contribution < 1.29 is 35.3 Å². The molecule has 0 amide bonds. The third-order valence-corrected chi connectivity index (χ3v) is 22.4. The van der Waals surface area contributed by atoms with Gasteiger partial charge >= 0.3 is 0 Å². The van der Waals surface area contributed by atoms with Crippen LogP contribution in [0.3, 0.4) is 0 Å². The summed E-state index contributed by atoms with van der Waals surface area (Å²) < 4.78 is 75.2. The van der Waals surface area contributed by atoms with Gasteiger partial charge in [0.15, 0.2) is 39.8 Å². The van der Waals surface area contributed by atoms with Gasteiger partial charge in [-0.15, -0.1) is 0 Å². The summed E-state index contributed by atoms with van der Waals surface area (Å²) in [5.74, 6) is 7.27. The van der Waals surface area contributed by atoms with Crippen LogP contribution in [0, 0.1) is 59.3 Å². The lowest BCUT2D eigenvalue weighted by Crippen LogP contribution is -2.36. The van der Waals surface area contributed by atoms with Crippen LogP contribution in [0.2, 0.25) is 0 Å². The van der Waals surface area contributed by atoms with Gasteiger partial charge in [0, 0.05) is 63.0 Å². The largest absolute Gasteiger partial charge is 0.476 e. The molecule has 0 aromatic heterocycles. The van der Waals surface area contributed by atoms with Gasteiger partial charge in [-0.1, -0.05) is 259 Å². The molecule has 6 heterocycles. The third-order valence-electron chi connectivity index (χ3n) is 22.4. The number of hydrogen-bond donors (Lipinski definition) is 0. The first-order valence-corrected chi connectivity index (χ1v) is 39.0. The van der Waals surface area contributed by atoms with Crippen LogP contribution < -0.4 is 29.4 Å². The third kappa shape index (κ3) is 21.6. The first-order chi connectivity index (χ1) is 54.5. The Morgan fingerprint density at radius 3 is 0.868 bits per heavy atom. The lowest BCUT2D eigenvalue weighted by molar-refractivity contribution is 0.128. The van der Waals surface area contributed by atoms with E-state index in [-0.39, 0.29) is 50.8 Å². The molecule has 12 heteroatoms. The van der Waals surface area contributed by atoms with Gasteiger partial charge in [-0.3, -0.25) is 0 Å². The fourth-order valence-electron chi connectivity index (χ4n) is 15.8. The van der Waals surface area contributed by atoms with Crippen molar-refractivity contribution in [3.8, 4) is 0 Å². The average Bonchev–Trinajstić information content (AvgIpc) is 1.62. The highest BCUT2D eigenvalue weighted by atomic mass is 16.5. The maximum Gasteiger partial charge on any atom is 0.179 e. The Labute approximate surface area is 697 Å². The number of allylic oxidation sites excluding steroid dienone is 10. The molecule has 6 atom stereocenters. The molecule has 12 nitrogen and oxygen atoms in total. The van der Waals surface area contributed by atoms with Crippen LogP contribution in [0.4, 0.5) is 34.1 Å². The number of benzene rings is 8. The van der Waals surface area contributed by atoms with E-state index in [0.29, 0.717) is 17.8 Å². The van der Waals surface area contributed by atoms with Crippen LogP contribution in [0.25, 0.3) is 11.5 Å². The molecule has 0 saturated heterocycles.